The van der Waals surface area contributed by atoms with E-state index in [4.69, 9.17) is 27.9 Å². The molecule has 0 spiro atoms. The molecule has 0 heterocycles. The lowest BCUT2D eigenvalue weighted by Crippen LogP contribution is -2.37. The van der Waals surface area contributed by atoms with E-state index in [1.165, 1.54) is 11.8 Å². The highest BCUT2D eigenvalue weighted by Gasteiger charge is 2.14. The fourth-order valence-corrected chi connectivity index (χ4v) is 2.16. The van der Waals surface area contributed by atoms with Gasteiger partial charge in [-0.05, 0) is 24.6 Å². The van der Waals surface area contributed by atoms with E-state index in [0.29, 0.717) is 35.3 Å². The van der Waals surface area contributed by atoms with Crippen LogP contribution in [-0.2, 0) is 14.3 Å². The maximum atomic E-state index is 12.0. The summed E-state index contributed by atoms with van der Waals surface area (Å²) in [6.45, 7) is 2.40. The van der Waals surface area contributed by atoms with Gasteiger partial charge in [0.2, 0.25) is 11.8 Å². The average molecular weight is 333 g/mol. The molecule has 0 aliphatic heterocycles. The summed E-state index contributed by atoms with van der Waals surface area (Å²) in [7, 11) is 1.59. The minimum Gasteiger partial charge on any atom is -0.385 e. The van der Waals surface area contributed by atoms with Crippen molar-refractivity contribution in [3.05, 3.63) is 28.2 Å². The third-order valence-corrected chi connectivity index (χ3v) is 3.31. The molecule has 0 saturated heterocycles. The lowest BCUT2D eigenvalue weighted by Gasteiger charge is -2.20. The van der Waals surface area contributed by atoms with Crippen LogP contribution in [0.5, 0.6) is 0 Å². The largest absolute Gasteiger partial charge is 0.385 e. The normalized spacial score (nSPS) is 10.3. The van der Waals surface area contributed by atoms with Crippen LogP contribution in [0.25, 0.3) is 0 Å². The first-order valence-corrected chi connectivity index (χ1v) is 7.19. The van der Waals surface area contributed by atoms with Crippen LogP contribution in [0, 0.1) is 0 Å². The SMILES string of the molecule is COCCCN(CC(=O)Nc1ccc(Cl)cc1Cl)C(C)=O. The lowest BCUT2D eigenvalue weighted by atomic mass is 10.3. The molecule has 5 nitrogen and oxygen atoms in total. The second kappa shape index (κ2) is 8.87. The number of benzene rings is 1. The summed E-state index contributed by atoms with van der Waals surface area (Å²) >= 11 is 11.8. The third-order valence-electron chi connectivity index (χ3n) is 2.76. The van der Waals surface area contributed by atoms with Gasteiger partial charge in [0.15, 0.2) is 0 Å². The van der Waals surface area contributed by atoms with Crippen molar-refractivity contribution < 1.29 is 14.3 Å². The molecule has 1 N–H and O–H groups in total. The van der Waals surface area contributed by atoms with Gasteiger partial charge >= 0.3 is 0 Å². The number of carbonyl (C=O) groups excluding carboxylic acids is 2. The predicted molar refractivity (Wildman–Crippen MR) is 83.8 cm³/mol. The Balaban J connectivity index is 2.59. The van der Waals surface area contributed by atoms with Crippen molar-refractivity contribution in [1.82, 2.24) is 4.90 Å². The second-order valence-electron chi connectivity index (χ2n) is 4.46. The molecule has 116 valence electrons. The Morgan fingerprint density at radius 3 is 2.62 bits per heavy atom. The quantitative estimate of drug-likeness (QED) is 0.781. The fourth-order valence-electron chi connectivity index (χ4n) is 1.70. The minimum atomic E-state index is -0.313. The van der Waals surface area contributed by atoms with Crippen LogP contribution >= 0.6 is 23.2 Å². The molecule has 0 aliphatic carbocycles. The van der Waals surface area contributed by atoms with Gasteiger partial charge in [-0.25, -0.2) is 0 Å². The summed E-state index contributed by atoms with van der Waals surface area (Å²) in [4.78, 5) is 24.9. The molecule has 21 heavy (non-hydrogen) atoms. The number of hydrogen-bond donors (Lipinski definition) is 1. The van der Waals surface area contributed by atoms with Gasteiger partial charge in [-0.1, -0.05) is 23.2 Å². The van der Waals surface area contributed by atoms with Gasteiger partial charge < -0.3 is 15.0 Å². The Morgan fingerprint density at radius 1 is 1.33 bits per heavy atom. The average Bonchev–Trinajstić information content (AvgIpc) is 2.41. The van der Waals surface area contributed by atoms with Gasteiger partial charge in [0, 0.05) is 32.2 Å². The third kappa shape index (κ3) is 6.33. The van der Waals surface area contributed by atoms with E-state index in [9.17, 15) is 9.59 Å². The summed E-state index contributed by atoms with van der Waals surface area (Å²) in [5.74, 6) is -0.477. The first-order chi connectivity index (χ1) is 9.93. The van der Waals surface area contributed by atoms with E-state index in [2.05, 4.69) is 5.32 Å². The minimum absolute atomic E-state index is 0.0298. The van der Waals surface area contributed by atoms with Gasteiger partial charge in [0.25, 0.3) is 0 Å². The highest BCUT2D eigenvalue weighted by Crippen LogP contribution is 2.25. The number of methoxy groups -OCH3 is 1. The molecule has 0 saturated carbocycles. The van der Waals surface area contributed by atoms with Crippen LogP contribution in [0.15, 0.2) is 18.2 Å². The van der Waals surface area contributed by atoms with Gasteiger partial charge in [0.05, 0.1) is 17.3 Å². The van der Waals surface area contributed by atoms with Crippen LogP contribution in [0.3, 0.4) is 0 Å². The summed E-state index contributed by atoms with van der Waals surface area (Å²) in [6.07, 6.45) is 0.672. The summed E-state index contributed by atoms with van der Waals surface area (Å²) in [6, 6.07) is 4.79. The zero-order valence-electron chi connectivity index (χ0n) is 12.0. The Labute approximate surface area is 134 Å². The van der Waals surface area contributed by atoms with Crippen LogP contribution in [0.2, 0.25) is 10.0 Å². The molecule has 2 amide bonds. The standard InChI is InChI=1S/C14H18Cl2N2O3/c1-10(19)18(6-3-7-21-2)9-14(20)17-13-5-4-11(15)8-12(13)16/h4-5,8H,3,6-7,9H2,1-2H3,(H,17,20). The fraction of sp³-hybridized carbons (Fsp3) is 0.429. The molecule has 0 radical (unpaired) electrons. The number of rotatable bonds is 7. The number of amides is 2. The number of nitrogens with zero attached hydrogens (tertiary/aromatic N) is 1. The van der Waals surface area contributed by atoms with Crippen molar-refractivity contribution in [2.75, 3.05) is 32.1 Å². The number of carbonyl (C=O) groups is 2. The Bertz CT molecular complexity index is 509. The van der Waals surface area contributed by atoms with Crippen molar-refractivity contribution >= 4 is 40.7 Å². The van der Waals surface area contributed by atoms with Gasteiger partial charge in [-0.2, -0.15) is 0 Å². The summed E-state index contributed by atoms with van der Waals surface area (Å²) in [5, 5.41) is 3.50. The van der Waals surface area contributed by atoms with E-state index in [1.807, 2.05) is 0 Å². The molecule has 0 unspecified atom stereocenters. The molecule has 0 fully saturated rings. The molecule has 1 aromatic carbocycles. The van der Waals surface area contributed by atoms with E-state index in [0.717, 1.165) is 0 Å². The number of ether oxygens (including phenoxy) is 1. The number of nitrogens with one attached hydrogen (secondary N) is 1. The number of halogens is 2. The zero-order chi connectivity index (χ0) is 15.8. The number of hydrogen-bond acceptors (Lipinski definition) is 3. The van der Waals surface area contributed by atoms with E-state index < -0.39 is 0 Å². The van der Waals surface area contributed by atoms with Crippen LogP contribution in [0.1, 0.15) is 13.3 Å². The van der Waals surface area contributed by atoms with Crippen molar-refractivity contribution in [1.29, 1.82) is 0 Å². The Hall–Kier alpha value is -1.30. The molecular weight excluding hydrogens is 315 g/mol. The molecule has 7 heteroatoms. The van der Waals surface area contributed by atoms with E-state index in [1.54, 1.807) is 25.3 Å². The Kier molecular flexibility index (Phi) is 7.50. The van der Waals surface area contributed by atoms with Crippen molar-refractivity contribution in [2.45, 2.75) is 13.3 Å². The molecule has 0 aromatic heterocycles. The molecular formula is C14H18Cl2N2O3. The monoisotopic (exact) mass is 332 g/mol. The molecule has 0 atom stereocenters. The van der Waals surface area contributed by atoms with Crippen LogP contribution in [0.4, 0.5) is 5.69 Å². The van der Waals surface area contributed by atoms with Crippen molar-refractivity contribution in [3.8, 4) is 0 Å². The van der Waals surface area contributed by atoms with Gasteiger partial charge in [-0.3, -0.25) is 9.59 Å². The first kappa shape index (κ1) is 17.8. The van der Waals surface area contributed by atoms with Crippen molar-refractivity contribution in [2.24, 2.45) is 0 Å². The maximum absolute atomic E-state index is 12.0. The lowest BCUT2D eigenvalue weighted by molar-refractivity contribution is -0.132. The molecule has 0 bridgehead atoms. The van der Waals surface area contributed by atoms with Crippen molar-refractivity contribution in [3.63, 3.8) is 0 Å². The first-order valence-electron chi connectivity index (χ1n) is 6.43. The molecule has 0 aliphatic rings. The van der Waals surface area contributed by atoms with E-state index >= 15 is 0 Å². The van der Waals surface area contributed by atoms with Crippen LogP contribution in [-0.4, -0.2) is 43.5 Å². The van der Waals surface area contributed by atoms with E-state index in [-0.39, 0.29) is 18.4 Å². The Morgan fingerprint density at radius 2 is 2.05 bits per heavy atom. The second-order valence-corrected chi connectivity index (χ2v) is 5.30. The van der Waals surface area contributed by atoms with Crippen LogP contribution < -0.4 is 5.32 Å². The van der Waals surface area contributed by atoms with Gasteiger partial charge in [-0.15, -0.1) is 0 Å². The number of anilines is 1. The topological polar surface area (TPSA) is 58.6 Å². The summed E-state index contributed by atoms with van der Waals surface area (Å²) < 4.78 is 4.93. The highest BCUT2D eigenvalue weighted by molar-refractivity contribution is 6.36. The zero-order valence-corrected chi connectivity index (χ0v) is 13.5. The van der Waals surface area contributed by atoms with Gasteiger partial charge in [0.1, 0.15) is 0 Å². The highest BCUT2D eigenvalue weighted by atomic mass is 35.5. The molecule has 1 aromatic rings. The summed E-state index contributed by atoms with van der Waals surface area (Å²) in [5.41, 5.74) is 0.464. The molecule has 1 rings (SSSR count). The maximum Gasteiger partial charge on any atom is 0.244 e. The predicted octanol–water partition coefficient (Wildman–Crippen LogP) is 2.82. The smallest absolute Gasteiger partial charge is 0.244 e.